The van der Waals surface area contributed by atoms with Crippen LogP contribution in [0, 0.1) is 18.3 Å². The highest BCUT2D eigenvalue weighted by Gasteiger charge is 2.13. The predicted molar refractivity (Wildman–Crippen MR) is 199 cm³/mol. The van der Waals surface area contributed by atoms with Crippen molar-refractivity contribution in [1.29, 1.82) is 5.26 Å². The Balaban J connectivity index is 1.08. The van der Waals surface area contributed by atoms with Crippen LogP contribution in [-0.2, 0) is 0 Å². The molecule has 0 spiro atoms. The topological polar surface area (TPSA) is 62.5 Å². The average Bonchev–Trinajstić information content (AvgIpc) is 3.18. The molecule has 0 aliphatic heterocycles. The smallest absolute Gasteiger partial charge is 0.163 e. The summed E-state index contributed by atoms with van der Waals surface area (Å²) in [5, 5.41) is 11.7. The van der Waals surface area contributed by atoms with E-state index in [2.05, 4.69) is 137 Å². The number of benzene rings is 7. The first-order valence-corrected chi connectivity index (χ1v) is 16.2. The summed E-state index contributed by atoms with van der Waals surface area (Å²) in [6.45, 7) is 1.91. The lowest BCUT2D eigenvalue weighted by atomic mass is 9.91. The van der Waals surface area contributed by atoms with Crippen molar-refractivity contribution in [3.05, 3.63) is 175 Å². The summed E-state index contributed by atoms with van der Waals surface area (Å²) in [4.78, 5) is 14.2. The van der Waals surface area contributed by atoms with E-state index in [1.165, 1.54) is 27.5 Å². The summed E-state index contributed by atoms with van der Waals surface area (Å²) in [6.07, 6.45) is 0. The maximum absolute atomic E-state index is 9.31. The van der Waals surface area contributed by atoms with Crippen LogP contribution in [0.5, 0.6) is 0 Å². The molecule has 0 bridgehead atoms. The fraction of sp³-hybridized carbons (Fsp3) is 0.0222. The Morgan fingerprint density at radius 1 is 0.388 bits per heavy atom. The fourth-order valence-electron chi connectivity index (χ4n) is 6.39. The SMILES string of the molecule is Cc1nc(-c2ccc(-c3ccccc3)cc2)nc(-c2ccc(-c3ccc(-c4ccc(-c5cccc(C#N)c5)cc4)c4ccccc34)cc2)n1. The van der Waals surface area contributed by atoms with Gasteiger partial charge in [0.25, 0.3) is 0 Å². The Hall–Kier alpha value is -6.70. The Labute approximate surface area is 285 Å². The lowest BCUT2D eigenvalue weighted by Gasteiger charge is -2.13. The molecule has 0 saturated carbocycles. The standard InChI is InChI=1S/C45H30N4/c1-30-47-44(37-22-16-33(17-23-37)32-9-3-2-4-10-32)49-45(48-30)38-24-20-36(21-25-38)41-27-26-40(42-12-5-6-13-43(41)42)35-18-14-34(15-19-35)39-11-7-8-31(28-39)29-46/h2-28H,1H3. The van der Waals surface area contributed by atoms with Crippen molar-refractivity contribution in [2.24, 2.45) is 0 Å². The molecule has 8 aromatic rings. The number of aromatic nitrogens is 3. The molecule has 0 atom stereocenters. The molecule has 1 aromatic heterocycles. The minimum Gasteiger partial charge on any atom is -0.213 e. The van der Waals surface area contributed by atoms with E-state index < -0.39 is 0 Å². The van der Waals surface area contributed by atoms with Crippen molar-refractivity contribution in [1.82, 2.24) is 15.0 Å². The van der Waals surface area contributed by atoms with E-state index in [1.54, 1.807) is 0 Å². The van der Waals surface area contributed by atoms with Crippen LogP contribution in [0.1, 0.15) is 11.4 Å². The van der Waals surface area contributed by atoms with Crippen LogP contribution in [0.4, 0.5) is 0 Å². The van der Waals surface area contributed by atoms with Crippen LogP contribution in [0.2, 0.25) is 0 Å². The third-order valence-electron chi connectivity index (χ3n) is 8.90. The zero-order valence-corrected chi connectivity index (χ0v) is 26.9. The summed E-state index contributed by atoms with van der Waals surface area (Å²) < 4.78 is 0. The first-order valence-electron chi connectivity index (χ1n) is 16.2. The zero-order valence-electron chi connectivity index (χ0n) is 26.9. The molecule has 0 saturated heterocycles. The summed E-state index contributed by atoms with van der Waals surface area (Å²) in [5.74, 6) is 2.00. The van der Waals surface area contributed by atoms with Gasteiger partial charge in [-0.05, 0) is 74.3 Å². The molecule has 8 rings (SSSR count). The Bertz CT molecular complexity index is 2480. The maximum atomic E-state index is 9.31. The fourth-order valence-corrected chi connectivity index (χ4v) is 6.39. The monoisotopic (exact) mass is 626 g/mol. The predicted octanol–water partition coefficient (Wildman–Crippen LogP) is 11.2. The lowest BCUT2D eigenvalue weighted by molar-refractivity contribution is 0.992. The van der Waals surface area contributed by atoms with Crippen LogP contribution in [0.15, 0.2) is 164 Å². The van der Waals surface area contributed by atoms with Gasteiger partial charge in [0.15, 0.2) is 11.6 Å². The largest absolute Gasteiger partial charge is 0.213 e. The minimum atomic E-state index is 0.657. The van der Waals surface area contributed by atoms with E-state index in [0.29, 0.717) is 23.0 Å². The first-order chi connectivity index (χ1) is 24.1. The maximum Gasteiger partial charge on any atom is 0.163 e. The van der Waals surface area contributed by atoms with Crippen molar-refractivity contribution < 1.29 is 0 Å². The molecule has 230 valence electrons. The normalized spacial score (nSPS) is 10.9. The van der Waals surface area contributed by atoms with Crippen molar-refractivity contribution in [2.75, 3.05) is 0 Å². The molecule has 4 nitrogen and oxygen atoms in total. The second-order valence-electron chi connectivity index (χ2n) is 12.0. The van der Waals surface area contributed by atoms with Crippen molar-refractivity contribution in [3.8, 4) is 73.4 Å². The number of hydrogen-bond donors (Lipinski definition) is 0. The molecule has 0 fully saturated rings. The molecule has 0 N–H and O–H groups in total. The molecular formula is C45H30N4. The van der Waals surface area contributed by atoms with E-state index >= 15 is 0 Å². The van der Waals surface area contributed by atoms with Gasteiger partial charge in [-0.15, -0.1) is 0 Å². The van der Waals surface area contributed by atoms with Gasteiger partial charge in [-0.1, -0.05) is 152 Å². The van der Waals surface area contributed by atoms with Crippen molar-refractivity contribution >= 4 is 10.8 Å². The number of nitriles is 1. The molecule has 0 aliphatic carbocycles. The Morgan fingerprint density at radius 3 is 1.35 bits per heavy atom. The molecule has 0 amide bonds. The van der Waals surface area contributed by atoms with Gasteiger partial charge >= 0.3 is 0 Å². The molecule has 49 heavy (non-hydrogen) atoms. The van der Waals surface area contributed by atoms with Crippen LogP contribution in [0.3, 0.4) is 0 Å². The van der Waals surface area contributed by atoms with Gasteiger partial charge in [0, 0.05) is 11.1 Å². The van der Waals surface area contributed by atoms with Gasteiger partial charge in [-0.25, -0.2) is 15.0 Å². The number of hydrogen-bond acceptors (Lipinski definition) is 4. The summed E-state index contributed by atoms with van der Waals surface area (Å²) in [7, 11) is 0. The highest BCUT2D eigenvalue weighted by atomic mass is 15.0. The van der Waals surface area contributed by atoms with Gasteiger partial charge in [0.2, 0.25) is 0 Å². The summed E-state index contributed by atoms with van der Waals surface area (Å²) in [5.41, 5.74) is 11.6. The van der Waals surface area contributed by atoms with Gasteiger partial charge in [0.1, 0.15) is 5.82 Å². The van der Waals surface area contributed by atoms with E-state index in [0.717, 1.165) is 38.9 Å². The Kier molecular flexibility index (Phi) is 7.77. The first kappa shape index (κ1) is 29.7. The van der Waals surface area contributed by atoms with Gasteiger partial charge in [-0.3, -0.25) is 0 Å². The number of aryl methyl sites for hydroxylation is 1. The molecule has 4 heteroatoms. The van der Waals surface area contributed by atoms with Gasteiger partial charge in [0.05, 0.1) is 11.6 Å². The van der Waals surface area contributed by atoms with E-state index in [-0.39, 0.29) is 0 Å². The number of rotatable bonds is 6. The van der Waals surface area contributed by atoms with Crippen LogP contribution in [-0.4, -0.2) is 15.0 Å². The van der Waals surface area contributed by atoms with E-state index in [1.807, 2.05) is 49.4 Å². The third kappa shape index (κ3) is 5.98. The second kappa shape index (κ2) is 12.8. The molecule has 1 heterocycles. The van der Waals surface area contributed by atoms with E-state index in [9.17, 15) is 5.26 Å². The van der Waals surface area contributed by atoms with E-state index in [4.69, 9.17) is 4.98 Å². The highest BCUT2D eigenvalue weighted by molar-refractivity contribution is 6.05. The van der Waals surface area contributed by atoms with Gasteiger partial charge in [-0.2, -0.15) is 5.26 Å². The molecule has 0 aliphatic rings. The van der Waals surface area contributed by atoms with Crippen LogP contribution < -0.4 is 0 Å². The lowest BCUT2D eigenvalue weighted by Crippen LogP contribution is -1.99. The van der Waals surface area contributed by atoms with Crippen LogP contribution in [0.25, 0.3) is 78.1 Å². The number of nitrogens with zero attached hydrogens (tertiary/aromatic N) is 4. The molecular weight excluding hydrogens is 597 g/mol. The van der Waals surface area contributed by atoms with Crippen LogP contribution >= 0.6 is 0 Å². The zero-order chi connectivity index (χ0) is 33.2. The summed E-state index contributed by atoms with van der Waals surface area (Å²) >= 11 is 0. The summed E-state index contributed by atoms with van der Waals surface area (Å²) in [6, 6.07) is 58.7. The molecule has 0 unspecified atom stereocenters. The number of fused-ring (bicyclic) bond motifs is 1. The van der Waals surface area contributed by atoms with Crippen molar-refractivity contribution in [2.45, 2.75) is 6.92 Å². The van der Waals surface area contributed by atoms with Gasteiger partial charge < -0.3 is 0 Å². The third-order valence-corrected chi connectivity index (χ3v) is 8.90. The second-order valence-corrected chi connectivity index (χ2v) is 12.0. The quantitative estimate of drug-likeness (QED) is 0.184. The molecule has 0 radical (unpaired) electrons. The van der Waals surface area contributed by atoms with Crippen molar-refractivity contribution in [3.63, 3.8) is 0 Å². The molecule has 7 aromatic carbocycles. The Morgan fingerprint density at radius 2 is 0.816 bits per heavy atom. The average molecular weight is 627 g/mol. The minimum absolute atomic E-state index is 0.657. The highest BCUT2D eigenvalue weighted by Crippen LogP contribution is 2.37.